The van der Waals surface area contributed by atoms with E-state index in [-0.39, 0.29) is 29.6 Å². The van der Waals surface area contributed by atoms with Crippen molar-refractivity contribution in [3.05, 3.63) is 43.0 Å². The van der Waals surface area contributed by atoms with Gasteiger partial charge in [0.25, 0.3) is 0 Å². The van der Waals surface area contributed by atoms with E-state index in [0.29, 0.717) is 0 Å². The van der Waals surface area contributed by atoms with Crippen molar-refractivity contribution in [3.8, 4) is 5.75 Å². The van der Waals surface area contributed by atoms with E-state index in [1.54, 1.807) is 7.11 Å². The van der Waals surface area contributed by atoms with Gasteiger partial charge in [0.1, 0.15) is 0 Å². The Morgan fingerprint density at radius 2 is 1.94 bits per heavy atom. The van der Waals surface area contributed by atoms with Crippen LogP contribution >= 0.6 is 0 Å². The van der Waals surface area contributed by atoms with E-state index in [9.17, 15) is 9.59 Å². The van der Waals surface area contributed by atoms with Gasteiger partial charge in [-0.1, -0.05) is 6.58 Å². The fourth-order valence-corrected chi connectivity index (χ4v) is 0.672. The summed E-state index contributed by atoms with van der Waals surface area (Å²) in [6.07, 6.45) is 0.954. The van der Waals surface area contributed by atoms with Gasteiger partial charge in [0.15, 0.2) is 0 Å². The van der Waals surface area contributed by atoms with E-state index in [0.717, 1.165) is 11.8 Å². The van der Waals surface area contributed by atoms with E-state index >= 15 is 0 Å². The summed E-state index contributed by atoms with van der Waals surface area (Å²) in [6, 6.07) is 10.2. The van der Waals surface area contributed by atoms with Crippen LogP contribution in [0.3, 0.4) is 0 Å². The maximum absolute atomic E-state index is 10.2. The van der Waals surface area contributed by atoms with E-state index in [4.69, 9.17) is 4.74 Å². The molecule has 0 fully saturated rings. The number of methoxy groups -OCH3 is 1. The first kappa shape index (κ1) is 19.0. The standard InChI is InChI=1S/C7H7O.C5H7NO3.Na/c1-8-7-5-3-2-4-6-7;1-3-5(8)9-6-4(2)7;/h3-6H,1H3;3H,1H2,2H3,(H,6,7);/q-1;;+1. The van der Waals surface area contributed by atoms with Gasteiger partial charge in [0.05, 0.1) is 7.11 Å². The van der Waals surface area contributed by atoms with Crippen molar-refractivity contribution in [2.75, 3.05) is 7.11 Å². The van der Waals surface area contributed by atoms with Gasteiger partial charge >= 0.3 is 35.5 Å². The molecule has 0 bridgehead atoms. The minimum atomic E-state index is -0.676. The topological polar surface area (TPSA) is 64.6 Å². The summed E-state index contributed by atoms with van der Waals surface area (Å²) < 4.78 is 4.89. The molecule has 0 aliphatic rings. The number of hydroxylamine groups is 1. The third kappa shape index (κ3) is 11.2. The monoisotopic (exact) mass is 259 g/mol. The van der Waals surface area contributed by atoms with Crippen LogP contribution in [0.25, 0.3) is 0 Å². The smallest absolute Gasteiger partial charge is 0.522 e. The number of carbonyl (C=O) groups is 2. The van der Waals surface area contributed by atoms with Crippen molar-refractivity contribution in [3.63, 3.8) is 0 Å². The van der Waals surface area contributed by atoms with Gasteiger partial charge in [-0.25, -0.2) is 4.79 Å². The van der Waals surface area contributed by atoms with Crippen molar-refractivity contribution in [2.45, 2.75) is 6.92 Å². The molecular formula is C12H14NNaO4. The zero-order chi connectivity index (χ0) is 13.1. The summed E-state index contributed by atoms with van der Waals surface area (Å²) in [7, 11) is 1.65. The second-order valence-corrected chi connectivity index (χ2v) is 2.72. The van der Waals surface area contributed by atoms with Crippen molar-refractivity contribution in [1.82, 2.24) is 5.48 Å². The molecule has 0 aliphatic carbocycles. The van der Waals surface area contributed by atoms with Crippen LogP contribution in [0.1, 0.15) is 6.92 Å². The average molecular weight is 259 g/mol. The van der Waals surface area contributed by atoms with Crippen molar-refractivity contribution in [2.24, 2.45) is 0 Å². The Balaban J connectivity index is 0. The van der Waals surface area contributed by atoms with Crippen molar-refractivity contribution >= 4 is 11.9 Å². The van der Waals surface area contributed by atoms with Crippen LogP contribution in [0, 0.1) is 6.07 Å². The van der Waals surface area contributed by atoms with E-state index in [1.165, 1.54) is 6.92 Å². The first-order valence-electron chi connectivity index (χ1n) is 4.70. The zero-order valence-corrected chi connectivity index (χ0v) is 12.7. The van der Waals surface area contributed by atoms with Gasteiger partial charge in [-0.2, -0.15) is 23.7 Å². The second-order valence-electron chi connectivity index (χ2n) is 2.72. The molecule has 1 N–H and O–H groups in total. The number of ether oxygens (including phenoxy) is 1. The molecule has 0 heterocycles. The van der Waals surface area contributed by atoms with Gasteiger partial charge in [0, 0.05) is 18.7 Å². The quantitative estimate of drug-likeness (QED) is 0.296. The van der Waals surface area contributed by atoms with Crippen molar-refractivity contribution < 1.29 is 48.7 Å². The first-order valence-corrected chi connectivity index (χ1v) is 4.70. The molecule has 6 heteroatoms. The van der Waals surface area contributed by atoms with Crippen LogP contribution in [0.5, 0.6) is 5.75 Å². The number of amides is 1. The van der Waals surface area contributed by atoms with E-state index in [2.05, 4.69) is 17.5 Å². The molecule has 0 atom stereocenters. The summed E-state index contributed by atoms with van der Waals surface area (Å²) in [5.41, 5.74) is 1.84. The van der Waals surface area contributed by atoms with Gasteiger partial charge in [-0.15, -0.1) is 12.1 Å². The normalized spacial score (nSPS) is 7.67. The molecule has 0 spiro atoms. The zero-order valence-electron chi connectivity index (χ0n) is 10.7. The summed E-state index contributed by atoms with van der Waals surface area (Å²) in [6.45, 7) is 4.35. The largest absolute Gasteiger partial charge is 1.00 e. The molecule has 0 saturated carbocycles. The number of hydrogen-bond donors (Lipinski definition) is 1. The Hall–Kier alpha value is -1.30. The predicted octanol–water partition coefficient (Wildman–Crippen LogP) is -1.73. The second kappa shape index (κ2) is 12.2. The van der Waals surface area contributed by atoms with Crippen LogP contribution < -0.4 is 39.8 Å². The fourth-order valence-electron chi connectivity index (χ4n) is 0.672. The number of hydrogen-bond acceptors (Lipinski definition) is 4. The van der Waals surface area contributed by atoms with E-state index in [1.807, 2.05) is 29.7 Å². The Morgan fingerprint density at radius 1 is 1.39 bits per heavy atom. The maximum atomic E-state index is 10.2. The molecule has 0 unspecified atom stereocenters. The molecular weight excluding hydrogens is 245 g/mol. The maximum Gasteiger partial charge on any atom is 1.00 e. The summed E-state index contributed by atoms with van der Waals surface area (Å²) in [5, 5.41) is 0. The van der Waals surface area contributed by atoms with Gasteiger partial charge < -0.3 is 9.57 Å². The van der Waals surface area contributed by atoms with Crippen LogP contribution in [-0.2, 0) is 14.4 Å². The van der Waals surface area contributed by atoms with Crippen LogP contribution in [0.15, 0.2) is 36.9 Å². The summed E-state index contributed by atoms with van der Waals surface area (Å²) in [5.74, 6) is -0.223. The molecule has 1 aromatic carbocycles. The van der Waals surface area contributed by atoms with E-state index < -0.39 is 11.9 Å². The molecule has 1 aromatic rings. The number of rotatable bonds is 2. The first-order chi connectivity index (χ1) is 8.10. The Kier molecular flexibility index (Phi) is 12.9. The van der Waals surface area contributed by atoms with Crippen LogP contribution in [0.2, 0.25) is 0 Å². The number of benzene rings is 1. The SMILES string of the molecule is C=CC(=O)ONC(C)=O.COc1cc[c-]cc1.[Na+]. The molecule has 0 radical (unpaired) electrons. The minimum Gasteiger partial charge on any atom is -0.522 e. The van der Waals surface area contributed by atoms with Gasteiger partial charge in [0.2, 0.25) is 5.91 Å². The van der Waals surface area contributed by atoms with Crippen LogP contribution in [0.4, 0.5) is 0 Å². The van der Waals surface area contributed by atoms with Gasteiger partial charge in [-0.05, 0) is 0 Å². The Bertz CT molecular complexity index is 368. The molecule has 1 rings (SSSR count). The number of nitrogens with one attached hydrogen (secondary N) is 1. The van der Waals surface area contributed by atoms with Crippen molar-refractivity contribution in [1.29, 1.82) is 0 Å². The average Bonchev–Trinajstić information content (AvgIpc) is 2.37. The Labute approximate surface area is 128 Å². The molecule has 5 nitrogen and oxygen atoms in total. The minimum absolute atomic E-state index is 0. The predicted molar refractivity (Wildman–Crippen MR) is 61.9 cm³/mol. The fraction of sp³-hybridized carbons (Fsp3) is 0.167. The van der Waals surface area contributed by atoms with Crippen LogP contribution in [-0.4, -0.2) is 19.0 Å². The van der Waals surface area contributed by atoms with Gasteiger partial charge in [-0.3, -0.25) is 4.79 Å². The number of carbonyl (C=O) groups excluding carboxylic acids is 2. The third-order valence-corrected chi connectivity index (χ3v) is 1.39. The Morgan fingerprint density at radius 3 is 2.28 bits per heavy atom. The molecule has 0 aliphatic heterocycles. The molecule has 1 amide bonds. The summed E-state index contributed by atoms with van der Waals surface area (Å²) >= 11 is 0. The molecule has 18 heavy (non-hydrogen) atoms. The third-order valence-electron chi connectivity index (χ3n) is 1.39. The summed E-state index contributed by atoms with van der Waals surface area (Å²) in [4.78, 5) is 24.3. The molecule has 0 saturated heterocycles. The molecule has 92 valence electrons. The molecule has 0 aromatic heterocycles.